The van der Waals surface area contributed by atoms with Crippen molar-refractivity contribution in [1.29, 1.82) is 0 Å². The minimum Gasteiger partial charge on any atom is -0.462 e. The number of esters is 1. The molecule has 13 heteroatoms. The maximum absolute atomic E-state index is 13.2. The number of halogens is 2. The lowest BCUT2D eigenvalue weighted by atomic mass is 10.00. The van der Waals surface area contributed by atoms with Crippen molar-refractivity contribution in [3.63, 3.8) is 0 Å². The molecule has 11 nitrogen and oxygen atoms in total. The van der Waals surface area contributed by atoms with Gasteiger partial charge in [-0.3, -0.25) is 9.36 Å². The van der Waals surface area contributed by atoms with Crippen LogP contribution >= 0.6 is 23.2 Å². The first-order chi connectivity index (χ1) is 25.4. The molecule has 0 saturated carbocycles. The highest BCUT2D eigenvalue weighted by Gasteiger charge is 2.48. The number of carbonyl (C=O) groups excluding carboxylic acids is 2. The summed E-state index contributed by atoms with van der Waals surface area (Å²) in [6.07, 6.45) is 0.955. The smallest absolute Gasteiger partial charge is 0.338 e. The molecule has 264 valence electrons. The topological polar surface area (TPSA) is 127 Å². The molecule has 4 aromatic carbocycles. The third kappa shape index (κ3) is 8.31. The Hall–Kier alpha value is -5.17. The highest BCUT2D eigenvalue weighted by atomic mass is 35.5. The van der Waals surface area contributed by atoms with E-state index >= 15 is 0 Å². The molecule has 1 aliphatic rings. The first kappa shape index (κ1) is 35.2. The predicted molar refractivity (Wildman–Crippen MR) is 195 cm³/mol. The fourth-order valence-corrected chi connectivity index (χ4v) is 6.24. The molecule has 1 N–H and O–H groups in total. The van der Waals surface area contributed by atoms with E-state index in [1.165, 1.54) is 6.33 Å². The molecule has 2 aromatic heterocycles. The predicted octanol–water partition coefficient (Wildman–Crippen LogP) is 7.56. The van der Waals surface area contributed by atoms with Crippen LogP contribution in [0.25, 0.3) is 11.2 Å². The first-order valence-electron chi connectivity index (χ1n) is 16.5. The number of amides is 1. The summed E-state index contributed by atoms with van der Waals surface area (Å²) in [5.41, 5.74) is 3.48. The van der Waals surface area contributed by atoms with Crippen LogP contribution in [0.4, 0.5) is 5.82 Å². The number of rotatable bonds is 13. The van der Waals surface area contributed by atoms with Crippen LogP contribution in [0.15, 0.2) is 122 Å². The Balaban J connectivity index is 1.19. The summed E-state index contributed by atoms with van der Waals surface area (Å²) in [7, 11) is 0. The summed E-state index contributed by atoms with van der Waals surface area (Å²) in [6.45, 7) is 0.648. The van der Waals surface area contributed by atoms with Gasteiger partial charge in [0, 0.05) is 15.6 Å². The highest BCUT2D eigenvalue weighted by Crippen LogP contribution is 2.40. The number of anilines is 1. The van der Waals surface area contributed by atoms with Crippen LogP contribution in [-0.2, 0) is 32.2 Å². The van der Waals surface area contributed by atoms with E-state index in [0.717, 1.165) is 11.1 Å². The Morgan fingerprint density at radius 1 is 0.750 bits per heavy atom. The van der Waals surface area contributed by atoms with Gasteiger partial charge in [-0.15, -0.1) is 0 Å². The maximum atomic E-state index is 13.2. The zero-order valence-corrected chi connectivity index (χ0v) is 29.2. The van der Waals surface area contributed by atoms with E-state index in [9.17, 15) is 9.59 Å². The molecular weight excluding hydrogens is 705 g/mol. The lowest BCUT2D eigenvalue weighted by molar-refractivity contribution is -0.0820. The number of imidazole rings is 1. The van der Waals surface area contributed by atoms with E-state index < -0.39 is 30.3 Å². The minimum absolute atomic E-state index is 0.0558. The average molecular weight is 739 g/mol. The minimum atomic E-state index is -0.763. The first-order valence-corrected chi connectivity index (χ1v) is 17.3. The summed E-state index contributed by atoms with van der Waals surface area (Å²) >= 11 is 12.2. The van der Waals surface area contributed by atoms with E-state index in [4.69, 9.17) is 42.1 Å². The summed E-state index contributed by atoms with van der Waals surface area (Å²) < 4.78 is 27.2. The fourth-order valence-electron chi connectivity index (χ4n) is 5.98. The monoisotopic (exact) mass is 737 g/mol. The van der Waals surface area contributed by atoms with Gasteiger partial charge in [-0.25, -0.2) is 19.7 Å². The number of nitrogens with zero attached hydrogens (tertiary/aromatic N) is 4. The van der Waals surface area contributed by atoms with Gasteiger partial charge in [0.05, 0.1) is 43.7 Å². The van der Waals surface area contributed by atoms with E-state index in [1.807, 2.05) is 36.4 Å². The van der Waals surface area contributed by atoms with Crippen LogP contribution in [-0.4, -0.2) is 56.8 Å². The number of benzene rings is 4. The van der Waals surface area contributed by atoms with Crippen molar-refractivity contribution in [2.45, 2.75) is 31.6 Å². The molecule has 0 aliphatic carbocycles. The largest absolute Gasteiger partial charge is 0.462 e. The van der Waals surface area contributed by atoms with Crippen LogP contribution in [0.5, 0.6) is 0 Å². The van der Waals surface area contributed by atoms with Gasteiger partial charge in [0.15, 0.2) is 17.0 Å². The van der Waals surface area contributed by atoms with E-state index in [2.05, 4.69) is 20.3 Å². The van der Waals surface area contributed by atoms with Gasteiger partial charge in [-0.05, 0) is 59.7 Å². The molecule has 6 aromatic rings. The Morgan fingerprint density at radius 3 is 2.06 bits per heavy atom. The number of hydrogen-bond donors (Lipinski definition) is 1. The lowest BCUT2D eigenvalue weighted by Gasteiger charge is -2.25. The normalized spacial score (nSPS) is 18.3. The van der Waals surface area contributed by atoms with Crippen LogP contribution in [0.1, 0.15) is 38.1 Å². The Kier molecular flexibility index (Phi) is 11.1. The summed E-state index contributed by atoms with van der Waals surface area (Å²) in [6, 6.07) is 32.3. The molecular formula is C39H33Cl2N5O6. The van der Waals surface area contributed by atoms with Gasteiger partial charge in [0.1, 0.15) is 25.3 Å². The van der Waals surface area contributed by atoms with Gasteiger partial charge in [-0.1, -0.05) is 83.9 Å². The van der Waals surface area contributed by atoms with Crippen molar-refractivity contribution in [2.75, 3.05) is 18.5 Å². The molecule has 0 bridgehead atoms. The molecule has 1 amide bonds. The van der Waals surface area contributed by atoms with Crippen molar-refractivity contribution in [2.24, 2.45) is 5.92 Å². The molecule has 7 rings (SSSR count). The van der Waals surface area contributed by atoms with E-state index in [0.29, 0.717) is 38.9 Å². The SMILES string of the molecule is O=C(Nc1ncnc2c1ncn2[C@@H]1O[C@H](COCc2ccc(Cl)cc2)[C@@H](OCc2ccc(Cl)cc2)[C@H]1COC(=O)c1ccccc1)c1ccccc1. The molecule has 3 heterocycles. The second-order valence-electron chi connectivity index (χ2n) is 12.1. The third-order valence-electron chi connectivity index (χ3n) is 8.61. The average Bonchev–Trinajstić information content (AvgIpc) is 3.76. The molecule has 1 fully saturated rings. The maximum Gasteiger partial charge on any atom is 0.338 e. The number of ether oxygens (including phenoxy) is 4. The standard InChI is InChI=1S/C39H33Cl2N5O6/c40-29-15-11-25(12-16-29)19-49-22-32-34(50-20-26-13-17-30(41)18-14-26)31(21-51-39(48)28-9-5-2-6-10-28)38(52-32)46-24-44-33-35(42-23-43-36(33)46)45-37(47)27-7-3-1-4-8-27/h1-18,23-24,31-32,34,38H,19-22H2,(H,42,43,45,47)/t31-,32-,34+,38-/m1/s1. The Labute approximate surface area is 309 Å². The third-order valence-corrected chi connectivity index (χ3v) is 9.11. The van der Waals surface area contributed by atoms with Crippen molar-refractivity contribution in [3.05, 3.63) is 154 Å². The summed E-state index contributed by atoms with van der Waals surface area (Å²) in [5.74, 6) is -1.13. The van der Waals surface area contributed by atoms with Crippen LogP contribution < -0.4 is 5.32 Å². The molecule has 0 unspecified atom stereocenters. The van der Waals surface area contributed by atoms with Gasteiger partial charge in [-0.2, -0.15) is 0 Å². The van der Waals surface area contributed by atoms with Gasteiger partial charge >= 0.3 is 5.97 Å². The summed E-state index contributed by atoms with van der Waals surface area (Å²) in [4.78, 5) is 39.6. The zero-order chi connectivity index (χ0) is 35.9. The molecule has 1 saturated heterocycles. The summed E-state index contributed by atoms with van der Waals surface area (Å²) in [5, 5.41) is 4.09. The number of carbonyl (C=O) groups is 2. The van der Waals surface area contributed by atoms with Gasteiger partial charge in [0.25, 0.3) is 5.91 Å². The highest BCUT2D eigenvalue weighted by molar-refractivity contribution is 6.30. The Morgan fingerprint density at radius 2 is 1.38 bits per heavy atom. The van der Waals surface area contributed by atoms with Crippen molar-refractivity contribution in [3.8, 4) is 0 Å². The molecule has 52 heavy (non-hydrogen) atoms. The van der Waals surface area contributed by atoms with Crippen molar-refractivity contribution < 1.29 is 28.5 Å². The van der Waals surface area contributed by atoms with Crippen LogP contribution in [0.2, 0.25) is 10.0 Å². The second kappa shape index (κ2) is 16.4. The van der Waals surface area contributed by atoms with E-state index in [-0.39, 0.29) is 31.5 Å². The zero-order valence-electron chi connectivity index (χ0n) is 27.7. The van der Waals surface area contributed by atoms with E-state index in [1.54, 1.807) is 83.7 Å². The van der Waals surface area contributed by atoms with Crippen molar-refractivity contribution in [1.82, 2.24) is 19.5 Å². The Bertz CT molecular complexity index is 2120. The van der Waals surface area contributed by atoms with Crippen LogP contribution in [0.3, 0.4) is 0 Å². The fraction of sp³-hybridized carbons (Fsp3) is 0.205. The molecule has 1 aliphatic heterocycles. The molecule has 4 atom stereocenters. The molecule has 0 radical (unpaired) electrons. The lowest BCUT2D eigenvalue weighted by Crippen LogP contribution is -2.36. The van der Waals surface area contributed by atoms with Crippen molar-refractivity contribution >= 4 is 52.1 Å². The van der Waals surface area contributed by atoms with Crippen LogP contribution in [0, 0.1) is 5.92 Å². The number of aromatic nitrogens is 4. The van der Waals surface area contributed by atoms with Gasteiger partial charge < -0.3 is 24.3 Å². The number of fused-ring (bicyclic) bond motifs is 1. The number of nitrogens with one attached hydrogen (secondary N) is 1. The number of hydrogen-bond acceptors (Lipinski definition) is 9. The second-order valence-corrected chi connectivity index (χ2v) is 13.0. The quantitative estimate of drug-likeness (QED) is 0.120. The molecule has 0 spiro atoms. The van der Waals surface area contributed by atoms with Gasteiger partial charge in [0.2, 0.25) is 0 Å².